The van der Waals surface area contributed by atoms with E-state index in [-0.39, 0.29) is 11.5 Å². The lowest BCUT2D eigenvalue weighted by Gasteiger charge is -2.30. The fourth-order valence-electron chi connectivity index (χ4n) is 1.45. The van der Waals surface area contributed by atoms with Crippen LogP contribution in [0.3, 0.4) is 0 Å². The molecular weight excluding hydrogens is 192 g/mol. The van der Waals surface area contributed by atoms with Crippen LogP contribution in [0.1, 0.15) is 40.0 Å². The van der Waals surface area contributed by atoms with Crippen LogP contribution < -0.4 is 11.1 Å². The Morgan fingerprint density at radius 1 is 1.33 bits per heavy atom. The molecule has 4 nitrogen and oxygen atoms in total. The Hall–Kier alpha value is -0.610. The van der Waals surface area contributed by atoms with Crippen LogP contribution >= 0.6 is 0 Å². The molecule has 0 aromatic carbocycles. The fraction of sp³-hybridized carbons (Fsp3) is 0.909. The lowest BCUT2D eigenvalue weighted by Crippen LogP contribution is -2.40. The number of carbonyl (C=O) groups is 1. The topological polar surface area (TPSA) is 64.3 Å². The maximum absolute atomic E-state index is 11.2. The van der Waals surface area contributed by atoms with Crippen LogP contribution in [0.4, 0.5) is 0 Å². The maximum Gasteiger partial charge on any atom is 0.222 e. The fourth-order valence-corrected chi connectivity index (χ4v) is 1.45. The van der Waals surface area contributed by atoms with E-state index in [4.69, 9.17) is 10.5 Å². The van der Waals surface area contributed by atoms with Crippen molar-refractivity contribution in [3.8, 4) is 0 Å². The SMILES string of the molecule is CCNC(=O)CCOC(CC)(CC)CN. The largest absolute Gasteiger partial charge is 0.373 e. The molecule has 0 aliphatic heterocycles. The van der Waals surface area contributed by atoms with E-state index in [1.54, 1.807) is 0 Å². The first-order valence-corrected chi connectivity index (χ1v) is 5.74. The van der Waals surface area contributed by atoms with Crippen molar-refractivity contribution in [2.24, 2.45) is 5.73 Å². The molecule has 1 amide bonds. The number of amides is 1. The molecule has 15 heavy (non-hydrogen) atoms. The highest BCUT2D eigenvalue weighted by atomic mass is 16.5. The molecule has 0 saturated heterocycles. The Balaban J connectivity index is 3.85. The van der Waals surface area contributed by atoms with Crippen LogP contribution in [0.2, 0.25) is 0 Å². The molecule has 0 aliphatic carbocycles. The number of nitrogens with one attached hydrogen (secondary N) is 1. The van der Waals surface area contributed by atoms with Gasteiger partial charge in [0.15, 0.2) is 0 Å². The molecule has 0 atom stereocenters. The first kappa shape index (κ1) is 14.4. The minimum absolute atomic E-state index is 0.0376. The normalized spacial score (nSPS) is 11.5. The quantitative estimate of drug-likeness (QED) is 0.637. The lowest BCUT2D eigenvalue weighted by molar-refractivity contribution is -0.124. The molecule has 0 aromatic heterocycles. The van der Waals surface area contributed by atoms with Crippen molar-refractivity contribution >= 4 is 5.91 Å². The first-order chi connectivity index (χ1) is 7.14. The van der Waals surface area contributed by atoms with Gasteiger partial charge in [0.05, 0.1) is 12.2 Å². The van der Waals surface area contributed by atoms with E-state index in [9.17, 15) is 4.79 Å². The van der Waals surface area contributed by atoms with E-state index in [0.29, 0.717) is 26.1 Å². The molecule has 0 bridgehead atoms. The third-order valence-electron chi connectivity index (χ3n) is 2.77. The monoisotopic (exact) mass is 216 g/mol. The molecule has 3 N–H and O–H groups in total. The highest BCUT2D eigenvalue weighted by Gasteiger charge is 2.24. The van der Waals surface area contributed by atoms with Gasteiger partial charge in [0.25, 0.3) is 0 Å². The van der Waals surface area contributed by atoms with Gasteiger partial charge in [-0.25, -0.2) is 0 Å². The van der Waals surface area contributed by atoms with Crippen LogP contribution in [0, 0.1) is 0 Å². The highest BCUT2D eigenvalue weighted by molar-refractivity contribution is 5.75. The van der Waals surface area contributed by atoms with Crippen molar-refractivity contribution < 1.29 is 9.53 Å². The smallest absolute Gasteiger partial charge is 0.222 e. The van der Waals surface area contributed by atoms with Gasteiger partial charge in [0.2, 0.25) is 5.91 Å². The summed E-state index contributed by atoms with van der Waals surface area (Å²) >= 11 is 0. The second-order valence-corrected chi connectivity index (χ2v) is 3.65. The van der Waals surface area contributed by atoms with E-state index < -0.39 is 0 Å². The zero-order valence-electron chi connectivity index (χ0n) is 10.1. The molecule has 0 aromatic rings. The Morgan fingerprint density at radius 2 is 1.93 bits per heavy atom. The van der Waals surface area contributed by atoms with Crippen molar-refractivity contribution in [1.29, 1.82) is 0 Å². The molecule has 0 saturated carbocycles. The summed E-state index contributed by atoms with van der Waals surface area (Å²) in [6.07, 6.45) is 2.18. The number of hydrogen-bond acceptors (Lipinski definition) is 3. The van der Waals surface area contributed by atoms with Crippen LogP contribution in [-0.2, 0) is 9.53 Å². The zero-order valence-corrected chi connectivity index (χ0v) is 10.1. The van der Waals surface area contributed by atoms with Gasteiger partial charge >= 0.3 is 0 Å². The third kappa shape index (κ3) is 5.14. The summed E-state index contributed by atoms with van der Waals surface area (Å²) in [5.41, 5.74) is 5.44. The summed E-state index contributed by atoms with van der Waals surface area (Å²) in [5, 5.41) is 2.74. The minimum Gasteiger partial charge on any atom is -0.373 e. The molecule has 0 unspecified atom stereocenters. The van der Waals surface area contributed by atoms with Gasteiger partial charge in [0, 0.05) is 19.5 Å². The number of ether oxygens (including phenoxy) is 1. The Morgan fingerprint density at radius 3 is 2.33 bits per heavy atom. The van der Waals surface area contributed by atoms with Gasteiger partial charge in [-0.3, -0.25) is 4.79 Å². The first-order valence-electron chi connectivity index (χ1n) is 5.74. The predicted octanol–water partition coefficient (Wildman–Crippen LogP) is 1.05. The van der Waals surface area contributed by atoms with Crippen molar-refractivity contribution in [2.45, 2.75) is 45.6 Å². The van der Waals surface area contributed by atoms with Gasteiger partial charge in [-0.1, -0.05) is 13.8 Å². The zero-order chi connectivity index (χ0) is 11.7. The highest BCUT2D eigenvalue weighted by Crippen LogP contribution is 2.18. The average molecular weight is 216 g/mol. The van der Waals surface area contributed by atoms with Crippen molar-refractivity contribution in [3.05, 3.63) is 0 Å². The van der Waals surface area contributed by atoms with Gasteiger partial charge in [-0.15, -0.1) is 0 Å². The standard InChI is InChI=1S/C11H24N2O2/c1-4-11(5-2,9-12)15-8-7-10(14)13-6-3/h4-9,12H2,1-3H3,(H,13,14). The average Bonchev–Trinajstić information content (AvgIpc) is 2.25. The molecule has 4 heteroatoms. The number of rotatable bonds is 8. The summed E-state index contributed by atoms with van der Waals surface area (Å²) in [6, 6.07) is 0. The van der Waals surface area contributed by atoms with Crippen LogP contribution in [-0.4, -0.2) is 31.2 Å². The summed E-state index contributed by atoms with van der Waals surface area (Å²) < 4.78 is 5.71. The Kier molecular flexibility index (Phi) is 7.34. The van der Waals surface area contributed by atoms with Crippen molar-refractivity contribution in [1.82, 2.24) is 5.32 Å². The van der Waals surface area contributed by atoms with Crippen LogP contribution in [0.25, 0.3) is 0 Å². The number of hydrogen-bond donors (Lipinski definition) is 2. The summed E-state index contributed by atoms with van der Waals surface area (Å²) in [6.45, 7) is 7.65. The van der Waals surface area contributed by atoms with E-state index in [2.05, 4.69) is 19.2 Å². The van der Waals surface area contributed by atoms with E-state index in [1.165, 1.54) is 0 Å². The summed E-state index contributed by atoms with van der Waals surface area (Å²) in [4.78, 5) is 11.2. The van der Waals surface area contributed by atoms with Crippen molar-refractivity contribution in [3.63, 3.8) is 0 Å². The number of carbonyl (C=O) groups excluding carboxylic acids is 1. The Labute approximate surface area is 92.6 Å². The van der Waals surface area contributed by atoms with Gasteiger partial charge in [-0.05, 0) is 19.8 Å². The molecule has 0 aliphatic rings. The summed E-state index contributed by atoms with van der Waals surface area (Å²) in [5.74, 6) is 0.0376. The molecule has 0 heterocycles. The predicted molar refractivity (Wildman–Crippen MR) is 61.6 cm³/mol. The molecule has 90 valence electrons. The molecule has 0 radical (unpaired) electrons. The molecular formula is C11H24N2O2. The molecule has 0 spiro atoms. The second-order valence-electron chi connectivity index (χ2n) is 3.65. The minimum atomic E-state index is -0.244. The maximum atomic E-state index is 11.2. The van der Waals surface area contributed by atoms with E-state index in [0.717, 1.165) is 12.8 Å². The van der Waals surface area contributed by atoms with Crippen LogP contribution in [0.5, 0.6) is 0 Å². The summed E-state index contributed by atoms with van der Waals surface area (Å²) in [7, 11) is 0. The lowest BCUT2D eigenvalue weighted by atomic mass is 9.97. The molecule has 0 rings (SSSR count). The van der Waals surface area contributed by atoms with E-state index in [1.807, 2.05) is 6.92 Å². The van der Waals surface area contributed by atoms with Gasteiger partial charge < -0.3 is 15.8 Å². The van der Waals surface area contributed by atoms with Crippen LogP contribution in [0.15, 0.2) is 0 Å². The Bertz CT molecular complexity index is 171. The third-order valence-corrected chi connectivity index (χ3v) is 2.77. The molecule has 0 fully saturated rings. The second kappa shape index (κ2) is 7.65. The number of nitrogens with two attached hydrogens (primary N) is 1. The van der Waals surface area contributed by atoms with E-state index >= 15 is 0 Å². The van der Waals surface area contributed by atoms with Crippen molar-refractivity contribution in [2.75, 3.05) is 19.7 Å². The van der Waals surface area contributed by atoms with Gasteiger partial charge in [-0.2, -0.15) is 0 Å². The van der Waals surface area contributed by atoms with Gasteiger partial charge in [0.1, 0.15) is 0 Å².